The molecule has 0 bridgehead atoms. The van der Waals surface area contributed by atoms with Crippen molar-refractivity contribution in [3.8, 4) is 11.5 Å². The molecule has 118 valence electrons. The summed E-state index contributed by atoms with van der Waals surface area (Å²) < 4.78 is 5.94. The molecule has 5 heteroatoms. The maximum absolute atomic E-state index is 11.6. The Labute approximate surface area is 138 Å². The summed E-state index contributed by atoms with van der Waals surface area (Å²) >= 11 is 0. The highest BCUT2D eigenvalue weighted by molar-refractivity contribution is 6.10. The second-order valence-corrected chi connectivity index (χ2v) is 6.49. The molecule has 2 aliphatic rings. The highest BCUT2D eigenvalue weighted by atomic mass is 16.3. The predicted molar refractivity (Wildman–Crippen MR) is 90.5 cm³/mol. The van der Waals surface area contributed by atoms with Gasteiger partial charge in [0, 0.05) is 23.0 Å². The number of nitrogens with zero attached hydrogens (tertiary/aromatic N) is 2. The van der Waals surface area contributed by atoms with Crippen molar-refractivity contribution >= 4 is 22.7 Å². The molecule has 1 aliphatic heterocycles. The molecule has 1 amide bonds. The van der Waals surface area contributed by atoms with Gasteiger partial charge in [-0.3, -0.25) is 4.79 Å². The topological polar surface area (TPSA) is 67.5 Å². The fraction of sp³-hybridized carbons (Fsp3) is 0.211. The molecule has 0 radical (unpaired) electrons. The monoisotopic (exact) mass is 317 g/mol. The van der Waals surface area contributed by atoms with Crippen LogP contribution in [0.15, 0.2) is 52.0 Å². The van der Waals surface area contributed by atoms with E-state index in [0.29, 0.717) is 5.89 Å². The Hall–Kier alpha value is -2.95. The average molecular weight is 317 g/mol. The van der Waals surface area contributed by atoms with Crippen LogP contribution < -0.4 is 5.43 Å². The number of oxazole rings is 1. The zero-order chi connectivity index (χ0) is 16.3. The van der Waals surface area contributed by atoms with Crippen molar-refractivity contribution in [3.05, 3.63) is 53.6 Å². The van der Waals surface area contributed by atoms with Gasteiger partial charge in [-0.05, 0) is 37.6 Å². The van der Waals surface area contributed by atoms with Crippen molar-refractivity contribution in [1.82, 2.24) is 10.4 Å². The maximum Gasteiger partial charge on any atom is 0.243 e. The lowest BCUT2D eigenvalue weighted by Crippen LogP contribution is -2.28. The van der Waals surface area contributed by atoms with Crippen LogP contribution in [0.4, 0.5) is 0 Å². The molecule has 2 unspecified atom stereocenters. The molecular weight excluding hydrogens is 302 g/mol. The molecule has 0 saturated heterocycles. The van der Waals surface area contributed by atoms with Crippen LogP contribution in [0, 0.1) is 18.8 Å². The molecule has 2 heterocycles. The van der Waals surface area contributed by atoms with Gasteiger partial charge in [0.15, 0.2) is 5.58 Å². The molecule has 24 heavy (non-hydrogen) atoms. The third-order valence-electron chi connectivity index (χ3n) is 4.75. The second-order valence-electron chi connectivity index (χ2n) is 6.49. The van der Waals surface area contributed by atoms with Gasteiger partial charge in [0.05, 0.1) is 5.71 Å². The number of hydrogen-bond donors (Lipinski definition) is 1. The van der Waals surface area contributed by atoms with Crippen LogP contribution in [0.2, 0.25) is 0 Å². The lowest BCUT2D eigenvalue weighted by molar-refractivity contribution is -0.122. The van der Waals surface area contributed by atoms with E-state index in [9.17, 15) is 4.79 Å². The number of nitrogens with one attached hydrogen (secondary N) is 1. The molecule has 1 fully saturated rings. The van der Waals surface area contributed by atoms with Gasteiger partial charge in [0.2, 0.25) is 11.8 Å². The van der Waals surface area contributed by atoms with E-state index in [1.807, 2.05) is 42.5 Å². The Morgan fingerprint density at radius 2 is 1.88 bits per heavy atom. The average Bonchev–Trinajstić information content (AvgIpc) is 3.28. The summed E-state index contributed by atoms with van der Waals surface area (Å²) in [6, 6.07) is 14.0. The second kappa shape index (κ2) is 4.77. The Kier molecular flexibility index (Phi) is 2.68. The summed E-state index contributed by atoms with van der Waals surface area (Å²) in [5.41, 5.74) is 8.26. The van der Waals surface area contributed by atoms with E-state index in [-0.39, 0.29) is 17.7 Å². The number of hydrazone groups is 1. The van der Waals surface area contributed by atoms with Gasteiger partial charge in [-0.1, -0.05) is 23.8 Å². The first-order valence-electron chi connectivity index (χ1n) is 8.04. The summed E-state index contributed by atoms with van der Waals surface area (Å²) in [6.07, 6.45) is 0.883. The van der Waals surface area contributed by atoms with E-state index in [4.69, 9.17) is 4.42 Å². The quantitative estimate of drug-likeness (QED) is 0.789. The number of amides is 1. The summed E-state index contributed by atoms with van der Waals surface area (Å²) in [6.45, 7) is 2.05. The van der Waals surface area contributed by atoms with Crippen LogP contribution >= 0.6 is 0 Å². The lowest BCUT2D eigenvalue weighted by Gasteiger charge is -2.11. The van der Waals surface area contributed by atoms with E-state index in [1.165, 1.54) is 5.56 Å². The summed E-state index contributed by atoms with van der Waals surface area (Å²) in [7, 11) is 0. The Morgan fingerprint density at radius 3 is 2.71 bits per heavy atom. The van der Waals surface area contributed by atoms with E-state index in [0.717, 1.165) is 34.4 Å². The number of aromatic nitrogens is 1. The highest BCUT2D eigenvalue weighted by Gasteiger charge is 2.49. The van der Waals surface area contributed by atoms with Gasteiger partial charge in [-0.15, -0.1) is 0 Å². The van der Waals surface area contributed by atoms with E-state index in [2.05, 4.69) is 22.4 Å². The van der Waals surface area contributed by atoms with Gasteiger partial charge in [0.25, 0.3) is 0 Å². The van der Waals surface area contributed by atoms with Crippen molar-refractivity contribution in [2.75, 3.05) is 0 Å². The van der Waals surface area contributed by atoms with Crippen molar-refractivity contribution in [2.24, 2.45) is 16.9 Å². The molecule has 5 rings (SSSR count). The SMILES string of the molecule is Cc1ccc(-c2nc3ccc(C4=NNC(=O)C5CC45)cc3o2)cc1. The van der Waals surface area contributed by atoms with Crippen LogP contribution in [0.1, 0.15) is 17.5 Å². The Bertz CT molecular complexity index is 1000. The van der Waals surface area contributed by atoms with Gasteiger partial charge >= 0.3 is 0 Å². The summed E-state index contributed by atoms with van der Waals surface area (Å²) in [4.78, 5) is 16.1. The molecule has 0 spiro atoms. The predicted octanol–water partition coefficient (Wildman–Crippen LogP) is 3.27. The molecule has 2 atom stereocenters. The van der Waals surface area contributed by atoms with Crippen LogP contribution in [-0.2, 0) is 4.79 Å². The minimum atomic E-state index is 0.0335. The van der Waals surface area contributed by atoms with E-state index in [1.54, 1.807) is 0 Å². The third kappa shape index (κ3) is 2.05. The van der Waals surface area contributed by atoms with Crippen molar-refractivity contribution < 1.29 is 9.21 Å². The fourth-order valence-corrected chi connectivity index (χ4v) is 3.25. The normalized spacial score (nSPS) is 22.0. The fourth-order valence-electron chi connectivity index (χ4n) is 3.25. The van der Waals surface area contributed by atoms with Gasteiger partial charge < -0.3 is 4.42 Å². The largest absolute Gasteiger partial charge is 0.436 e. The van der Waals surface area contributed by atoms with Crippen molar-refractivity contribution in [2.45, 2.75) is 13.3 Å². The number of carbonyl (C=O) groups is 1. The van der Waals surface area contributed by atoms with Crippen molar-refractivity contribution in [1.29, 1.82) is 0 Å². The number of aryl methyl sites for hydroxylation is 1. The van der Waals surface area contributed by atoms with Crippen molar-refractivity contribution in [3.63, 3.8) is 0 Å². The molecule has 1 aliphatic carbocycles. The highest BCUT2D eigenvalue weighted by Crippen LogP contribution is 2.43. The first-order valence-corrected chi connectivity index (χ1v) is 8.04. The zero-order valence-corrected chi connectivity index (χ0v) is 13.1. The van der Waals surface area contributed by atoms with Gasteiger partial charge in [0.1, 0.15) is 5.52 Å². The number of hydrogen-bond acceptors (Lipinski definition) is 4. The minimum Gasteiger partial charge on any atom is -0.436 e. The van der Waals surface area contributed by atoms with E-state index < -0.39 is 0 Å². The number of fused-ring (bicyclic) bond motifs is 2. The first kappa shape index (κ1) is 13.5. The van der Waals surface area contributed by atoms with Crippen LogP contribution in [-0.4, -0.2) is 16.6 Å². The Balaban J connectivity index is 1.55. The van der Waals surface area contributed by atoms with Gasteiger partial charge in [-0.25, -0.2) is 10.4 Å². The molecule has 2 aromatic carbocycles. The van der Waals surface area contributed by atoms with E-state index >= 15 is 0 Å². The van der Waals surface area contributed by atoms with Crippen LogP contribution in [0.25, 0.3) is 22.6 Å². The first-order chi connectivity index (χ1) is 11.7. The standard InChI is InChI=1S/C19H15N3O2/c1-10-2-4-11(5-3-10)19-20-15-7-6-12(8-16(15)24-19)17-13-9-14(13)18(23)22-21-17/h2-8,13-14H,9H2,1H3,(H,22,23). The summed E-state index contributed by atoms with van der Waals surface area (Å²) in [5.74, 6) is 0.984. The Morgan fingerprint density at radius 1 is 1.08 bits per heavy atom. The number of carbonyl (C=O) groups excluding carboxylic acids is 1. The molecule has 1 aromatic heterocycles. The smallest absolute Gasteiger partial charge is 0.243 e. The molecule has 1 saturated carbocycles. The molecule has 3 aromatic rings. The molecule has 5 nitrogen and oxygen atoms in total. The third-order valence-corrected chi connectivity index (χ3v) is 4.75. The zero-order valence-electron chi connectivity index (χ0n) is 13.1. The molecule has 1 N–H and O–H groups in total. The van der Waals surface area contributed by atoms with Crippen LogP contribution in [0.3, 0.4) is 0 Å². The summed E-state index contributed by atoms with van der Waals surface area (Å²) in [5, 5.41) is 4.24. The number of rotatable bonds is 2. The van der Waals surface area contributed by atoms with Crippen LogP contribution in [0.5, 0.6) is 0 Å². The van der Waals surface area contributed by atoms with Gasteiger partial charge in [-0.2, -0.15) is 5.10 Å². The lowest BCUT2D eigenvalue weighted by atomic mass is 10.0. The number of benzene rings is 2. The minimum absolute atomic E-state index is 0.0335. The maximum atomic E-state index is 11.6. The molecular formula is C19H15N3O2.